The Hall–Kier alpha value is -1.81. The summed E-state index contributed by atoms with van der Waals surface area (Å²) in [5, 5.41) is 3.40. The standard InChI is InChI=1S/C13H13ClN2O2/c1-8-12(18-9(2)15-8)7-13(17)16-11-5-3-10(14)4-6-11/h3-6H,7H2,1-2H3,(H,16,17). The smallest absolute Gasteiger partial charge is 0.232 e. The summed E-state index contributed by atoms with van der Waals surface area (Å²) in [6.07, 6.45) is 0.176. The second-order valence-corrected chi connectivity index (χ2v) is 4.41. The number of oxazole rings is 1. The van der Waals surface area contributed by atoms with Gasteiger partial charge in [-0.3, -0.25) is 4.79 Å². The maximum atomic E-state index is 11.8. The highest BCUT2D eigenvalue weighted by molar-refractivity contribution is 6.30. The maximum absolute atomic E-state index is 11.8. The highest BCUT2D eigenvalue weighted by Gasteiger charge is 2.11. The third kappa shape index (κ3) is 3.11. The second-order valence-electron chi connectivity index (χ2n) is 3.97. The lowest BCUT2D eigenvalue weighted by molar-refractivity contribution is -0.115. The number of benzene rings is 1. The van der Waals surface area contributed by atoms with Gasteiger partial charge in [0.25, 0.3) is 0 Å². The minimum Gasteiger partial charge on any atom is -0.445 e. The summed E-state index contributed by atoms with van der Waals surface area (Å²) in [4.78, 5) is 15.9. The van der Waals surface area contributed by atoms with Gasteiger partial charge in [-0.25, -0.2) is 4.98 Å². The van der Waals surface area contributed by atoms with Crippen molar-refractivity contribution < 1.29 is 9.21 Å². The first kappa shape index (κ1) is 12.6. The quantitative estimate of drug-likeness (QED) is 0.927. The average Bonchev–Trinajstić information content (AvgIpc) is 2.61. The van der Waals surface area contributed by atoms with Crippen LogP contribution < -0.4 is 5.32 Å². The second kappa shape index (κ2) is 5.23. The SMILES string of the molecule is Cc1nc(C)c(CC(=O)Nc2ccc(Cl)cc2)o1. The molecule has 0 spiro atoms. The normalized spacial score (nSPS) is 10.4. The molecule has 4 nitrogen and oxygen atoms in total. The molecule has 0 unspecified atom stereocenters. The lowest BCUT2D eigenvalue weighted by Gasteiger charge is -2.04. The molecular weight excluding hydrogens is 252 g/mol. The molecule has 5 heteroatoms. The van der Waals surface area contributed by atoms with Crippen LogP contribution in [0.2, 0.25) is 5.02 Å². The zero-order valence-electron chi connectivity index (χ0n) is 10.2. The molecule has 94 valence electrons. The predicted octanol–water partition coefficient (Wildman–Crippen LogP) is 3.13. The molecule has 0 saturated carbocycles. The van der Waals surface area contributed by atoms with Crippen LogP contribution >= 0.6 is 11.6 Å². The number of rotatable bonds is 3. The lowest BCUT2D eigenvalue weighted by atomic mass is 10.2. The number of anilines is 1. The molecule has 1 aromatic heterocycles. The Balaban J connectivity index is 2.01. The van der Waals surface area contributed by atoms with Crippen molar-refractivity contribution in [1.82, 2.24) is 4.98 Å². The van der Waals surface area contributed by atoms with Crippen molar-refractivity contribution in [2.75, 3.05) is 5.32 Å². The number of hydrogen-bond acceptors (Lipinski definition) is 3. The Bertz CT molecular complexity index is 561. The van der Waals surface area contributed by atoms with Gasteiger partial charge in [0.1, 0.15) is 5.76 Å². The van der Waals surface area contributed by atoms with E-state index in [9.17, 15) is 4.79 Å². The Labute approximate surface area is 110 Å². The third-order valence-electron chi connectivity index (χ3n) is 2.45. The summed E-state index contributed by atoms with van der Waals surface area (Å²) in [7, 11) is 0. The van der Waals surface area contributed by atoms with Crippen LogP contribution in [0.4, 0.5) is 5.69 Å². The molecule has 0 aliphatic rings. The summed E-state index contributed by atoms with van der Waals surface area (Å²) in [6.45, 7) is 3.58. The number of hydrogen-bond donors (Lipinski definition) is 1. The van der Waals surface area contributed by atoms with Crippen molar-refractivity contribution in [1.29, 1.82) is 0 Å². The lowest BCUT2D eigenvalue weighted by Crippen LogP contribution is -2.14. The van der Waals surface area contributed by atoms with E-state index in [1.165, 1.54) is 0 Å². The Morgan fingerprint density at radius 3 is 2.56 bits per heavy atom. The molecule has 1 N–H and O–H groups in total. The average molecular weight is 265 g/mol. The van der Waals surface area contributed by atoms with Crippen molar-refractivity contribution in [2.24, 2.45) is 0 Å². The Kier molecular flexibility index (Phi) is 3.67. The van der Waals surface area contributed by atoms with Crippen molar-refractivity contribution in [3.8, 4) is 0 Å². The molecular formula is C13H13ClN2O2. The molecule has 1 heterocycles. The maximum Gasteiger partial charge on any atom is 0.232 e. The first-order valence-electron chi connectivity index (χ1n) is 5.53. The first-order valence-corrected chi connectivity index (χ1v) is 5.91. The van der Waals surface area contributed by atoms with E-state index in [0.717, 1.165) is 5.69 Å². The van der Waals surface area contributed by atoms with Crippen molar-refractivity contribution in [2.45, 2.75) is 20.3 Å². The molecule has 0 bridgehead atoms. The van der Waals surface area contributed by atoms with E-state index >= 15 is 0 Å². The van der Waals surface area contributed by atoms with E-state index in [-0.39, 0.29) is 12.3 Å². The van der Waals surface area contributed by atoms with E-state index in [1.807, 2.05) is 6.92 Å². The third-order valence-corrected chi connectivity index (χ3v) is 2.70. The first-order chi connectivity index (χ1) is 8.54. The Morgan fingerprint density at radius 1 is 1.33 bits per heavy atom. The Morgan fingerprint density at radius 2 is 2.00 bits per heavy atom. The van der Waals surface area contributed by atoms with Crippen LogP contribution in [-0.4, -0.2) is 10.9 Å². The summed E-state index contributed by atoms with van der Waals surface area (Å²) in [6, 6.07) is 6.94. The number of amides is 1. The fraction of sp³-hybridized carbons (Fsp3) is 0.231. The van der Waals surface area contributed by atoms with Gasteiger partial charge in [0.15, 0.2) is 5.89 Å². The molecule has 18 heavy (non-hydrogen) atoms. The fourth-order valence-electron chi connectivity index (χ4n) is 1.62. The van der Waals surface area contributed by atoms with Crippen LogP contribution in [0.15, 0.2) is 28.7 Å². The minimum absolute atomic E-state index is 0.142. The molecule has 0 aliphatic carbocycles. The van der Waals surface area contributed by atoms with Crippen molar-refractivity contribution in [3.05, 3.63) is 46.6 Å². The highest BCUT2D eigenvalue weighted by atomic mass is 35.5. The van der Waals surface area contributed by atoms with Crippen LogP contribution in [0.3, 0.4) is 0 Å². The molecule has 0 atom stereocenters. The summed E-state index contributed by atoms with van der Waals surface area (Å²) < 4.78 is 5.35. The highest BCUT2D eigenvalue weighted by Crippen LogP contribution is 2.15. The molecule has 0 fully saturated rings. The van der Waals surface area contributed by atoms with Crippen LogP contribution in [-0.2, 0) is 11.2 Å². The van der Waals surface area contributed by atoms with Gasteiger partial charge in [-0.05, 0) is 31.2 Å². The molecule has 2 rings (SSSR count). The minimum atomic E-state index is -0.142. The molecule has 0 saturated heterocycles. The zero-order valence-corrected chi connectivity index (χ0v) is 10.9. The van der Waals surface area contributed by atoms with Gasteiger partial charge < -0.3 is 9.73 Å². The monoisotopic (exact) mass is 264 g/mol. The van der Waals surface area contributed by atoms with Gasteiger partial charge in [0.05, 0.1) is 12.1 Å². The molecule has 0 radical (unpaired) electrons. The topological polar surface area (TPSA) is 55.1 Å². The predicted molar refractivity (Wildman–Crippen MR) is 69.8 cm³/mol. The number of aromatic nitrogens is 1. The molecule has 1 aromatic carbocycles. The van der Waals surface area contributed by atoms with Crippen LogP contribution in [0.1, 0.15) is 17.3 Å². The van der Waals surface area contributed by atoms with E-state index in [4.69, 9.17) is 16.0 Å². The van der Waals surface area contributed by atoms with Gasteiger partial charge in [0.2, 0.25) is 5.91 Å². The summed E-state index contributed by atoms with van der Waals surface area (Å²) >= 11 is 5.77. The van der Waals surface area contributed by atoms with E-state index in [1.54, 1.807) is 31.2 Å². The van der Waals surface area contributed by atoms with Gasteiger partial charge in [-0.2, -0.15) is 0 Å². The summed E-state index contributed by atoms with van der Waals surface area (Å²) in [5.41, 5.74) is 1.46. The van der Waals surface area contributed by atoms with Gasteiger partial charge in [0, 0.05) is 17.6 Å². The van der Waals surface area contributed by atoms with E-state index < -0.39 is 0 Å². The van der Waals surface area contributed by atoms with E-state index in [0.29, 0.717) is 22.4 Å². The number of halogens is 1. The van der Waals surface area contributed by atoms with Crippen LogP contribution in [0, 0.1) is 13.8 Å². The fourth-order valence-corrected chi connectivity index (χ4v) is 1.75. The molecule has 1 amide bonds. The number of carbonyl (C=O) groups is 1. The van der Waals surface area contributed by atoms with Crippen LogP contribution in [0.5, 0.6) is 0 Å². The molecule has 2 aromatic rings. The van der Waals surface area contributed by atoms with E-state index in [2.05, 4.69) is 10.3 Å². The zero-order chi connectivity index (χ0) is 13.1. The largest absolute Gasteiger partial charge is 0.445 e. The number of carbonyl (C=O) groups excluding carboxylic acids is 1. The van der Waals surface area contributed by atoms with Gasteiger partial charge >= 0.3 is 0 Å². The summed E-state index contributed by atoms with van der Waals surface area (Å²) in [5.74, 6) is 1.03. The van der Waals surface area contributed by atoms with Gasteiger partial charge in [-0.1, -0.05) is 11.6 Å². The van der Waals surface area contributed by atoms with Gasteiger partial charge in [-0.15, -0.1) is 0 Å². The number of aryl methyl sites for hydroxylation is 2. The molecule has 0 aliphatic heterocycles. The number of nitrogens with zero attached hydrogens (tertiary/aromatic N) is 1. The van der Waals surface area contributed by atoms with Crippen molar-refractivity contribution in [3.63, 3.8) is 0 Å². The van der Waals surface area contributed by atoms with Crippen molar-refractivity contribution >= 4 is 23.2 Å². The number of nitrogens with one attached hydrogen (secondary N) is 1. The van der Waals surface area contributed by atoms with Crippen LogP contribution in [0.25, 0.3) is 0 Å².